The normalized spacial score (nSPS) is 11.1. The molecule has 0 unspecified atom stereocenters. The molecule has 0 rings (SSSR count). The van der Waals surface area contributed by atoms with E-state index in [0.717, 1.165) is 0 Å². The highest BCUT2D eigenvalue weighted by Gasteiger charge is 1.90. The van der Waals surface area contributed by atoms with Crippen LogP contribution in [0.2, 0.25) is 0 Å². The first-order valence-corrected chi connectivity index (χ1v) is 3.01. The third-order valence-electron chi connectivity index (χ3n) is 0.801. The SMILES string of the molecule is CC=COCCC(N)N. The number of nitrogens with two attached hydrogens (primary N) is 2. The lowest BCUT2D eigenvalue weighted by Crippen LogP contribution is -2.31. The lowest BCUT2D eigenvalue weighted by molar-refractivity contribution is 0.236. The molecule has 0 aromatic heterocycles. The van der Waals surface area contributed by atoms with Gasteiger partial charge >= 0.3 is 0 Å². The topological polar surface area (TPSA) is 61.3 Å². The largest absolute Gasteiger partial charge is 0.501 e. The molecule has 0 aliphatic carbocycles. The molecule has 0 radical (unpaired) electrons. The summed E-state index contributed by atoms with van der Waals surface area (Å²) in [5.41, 5.74) is 10.5. The van der Waals surface area contributed by atoms with Crippen LogP contribution >= 0.6 is 0 Å². The highest BCUT2D eigenvalue weighted by molar-refractivity contribution is 4.65. The van der Waals surface area contributed by atoms with E-state index in [1.165, 1.54) is 0 Å². The van der Waals surface area contributed by atoms with Crippen molar-refractivity contribution in [2.24, 2.45) is 11.5 Å². The molecule has 0 spiro atoms. The van der Waals surface area contributed by atoms with Gasteiger partial charge in [0, 0.05) is 6.42 Å². The van der Waals surface area contributed by atoms with E-state index in [4.69, 9.17) is 16.2 Å². The first-order chi connectivity index (χ1) is 4.27. The first kappa shape index (κ1) is 8.46. The molecule has 3 nitrogen and oxygen atoms in total. The summed E-state index contributed by atoms with van der Waals surface area (Å²) in [5.74, 6) is 0. The molecule has 54 valence electrons. The van der Waals surface area contributed by atoms with Crippen LogP contribution in [0.15, 0.2) is 12.3 Å². The van der Waals surface area contributed by atoms with Crippen LogP contribution in [0.1, 0.15) is 13.3 Å². The quantitative estimate of drug-likeness (QED) is 0.324. The van der Waals surface area contributed by atoms with Crippen molar-refractivity contribution in [2.75, 3.05) is 6.61 Å². The fourth-order valence-corrected chi connectivity index (χ4v) is 0.368. The Hall–Kier alpha value is -0.540. The van der Waals surface area contributed by atoms with Crippen LogP contribution in [0.3, 0.4) is 0 Å². The Morgan fingerprint density at radius 2 is 2.22 bits per heavy atom. The van der Waals surface area contributed by atoms with Crippen molar-refractivity contribution in [2.45, 2.75) is 19.5 Å². The zero-order valence-electron chi connectivity index (χ0n) is 5.71. The van der Waals surface area contributed by atoms with Gasteiger partial charge in [-0.15, -0.1) is 0 Å². The molecule has 4 N–H and O–H groups in total. The van der Waals surface area contributed by atoms with Gasteiger partial charge in [-0.2, -0.15) is 0 Å². The molecule has 9 heavy (non-hydrogen) atoms. The maximum absolute atomic E-state index is 5.25. The fourth-order valence-electron chi connectivity index (χ4n) is 0.368. The molecule has 3 heteroatoms. The van der Waals surface area contributed by atoms with Gasteiger partial charge in [0.15, 0.2) is 0 Å². The van der Waals surface area contributed by atoms with Gasteiger partial charge in [0.25, 0.3) is 0 Å². The Bertz CT molecular complexity index is 81.1. The van der Waals surface area contributed by atoms with Crippen LogP contribution in [-0.4, -0.2) is 12.8 Å². The summed E-state index contributed by atoms with van der Waals surface area (Å²) in [4.78, 5) is 0. The van der Waals surface area contributed by atoms with Crippen LogP contribution in [0, 0.1) is 0 Å². The van der Waals surface area contributed by atoms with Crippen molar-refractivity contribution in [1.82, 2.24) is 0 Å². The number of hydrogen-bond donors (Lipinski definition) is 2. The minimum atomic E-state index is -0.254. The van der Waals surface area contributed by atoms with Crippen molar-refractivity contribution in [3.63, 3.8) is 0 Å². The molecule has 0 saturated heterocycles. The Labute approximate surface area is 55.7 Å². The van der Waals surface area contributed by atoms with E-state index in [9.17, 15) is 0 Å². The Morgan fingerprint density at radius 1 is 1.56 bits per heavy atom. The smallest absolute Gasteiger partial charge is 0.0900 e. The van der Waals surface area contributed by atoms with Crippen LogP contribution in [0.5, 0.6) is 0 Å². The van der Waals surface area contributed by atoms with Crippen LogP contribution in [-0.2, 0) is 4.74 Å². The third kappa shape index (κ3) is 7.46. The van der Waals surface area contributed by atoms with Crippen LogP contribution in [0.4, 0.5) is 0 Å². The highest BCUT2D eigenvalue weighted by Crippen LogP contribution is 1.83. The molecule has 0 atom stereocenters. The summed E-state index contributed by atoms with van der Waals surface area (Å²) in [5, 5.41) is 0. The van der Waals surface area contributed by atoms with Gasteiger partial charge in [0.2, 0.25) is 0 Å². The molecule has 0 aliphatic rings. The summed E-state index contributed by atoms with van der Waals surface area (Å²) in [6, 6.07) is 0. The number of allylic oxidation sites excluding steroid dienone is 1. The van der Waals surface area contributed by atoms with Crippen molar-refractivity contribution in [3.8, 4) is 0 Å². The second kappa shape index (κ2) is 5.59. The van der Waals surface area contributed by atoms with E-state index in [0.29, 0.717) is 13.0 Å². The van der Waals surface area contributed by atoms with Crippen molar-refractivity contribution in [3.05, 3.63) is 12.3 Å². The van der Waals surface area contributed by atoms with Gasteiger partial charge in [-0.1, -0.05) is 6.08 Å². The number of hydrogen-bond acceptors (Lipinski definition) is 3. The van der Waals surface area contributed by atoms with Gasteiger partial charge < -0.3 is 16.2 Å². The Morgan fingerprint density at radius 3 is 2.67 bits per heavy atom. The summed E-state index contributed by atoms with van der Waals surface area (Å²) >= 11 is 0. The van der Waals surface area contributed by atoms with Gasteiger partial charge in [-0.25, -0.2) is 0 Å². The predicted molar refractivity (Wildman–Crippen MR) is 37.5 cm³/mol. The third-order valence-corrected chi connectivity index (χ3v) is 0.801. The minimum Gasteiger partial charge on any atom is -0.501 e. The van der Waals surface area contributed by atoms with Gasteiger partial charge in [-0.3, -0.25) is 0 Å². The average molecular weight is 130 g/mol. The molecule has 0 aliphatic heterocycles. The molecule has 0 amide bonds. The Balaban J connectivity index is 2.91. The molecule has 0 heterocycles. The van der Waals surface area contributed by atoms with Gasteiger partial charge in [-0.05, 0) is 6.92 Å². The van der Waals surface area contributed by atoms with E-state index in [1.54, 1.807) is 6.26 Å². The molecule has 0 aromatic rings. The fraction of sp³-hybridized carbons (Fsp3) is 0.667. The molecule has 0 fully saturated rings. The highest BCUT2D eigenvalue weighted by atomic mass is 16.5. The molecular formula is C6H14N2O. The second-order valence-corrected chi connectivity index (χ2v) is 1.79. The molecule has 0 saturated carbocycles. The lowest BCUT2D eigenvalue weighted by atomic mass is 10.4. The van der Waals surface area contributed by atoms with E-state index in [2.05, 4.69) is 0 Å². The average Bonchev–Trinajstić information content (AvgIpc) is 1.80. The minimum absolute atomic E-state index is 0.254. The Kier molecular flexibility index (Phi) is 5.26. The predicted octanol–water partition coefficient (Wildman–Crippen LogP) is 0.170. The first-order valence-electron chi connectivity index (χ1n) is 3.01. The van der Waals surface area contributed by atoms with E-state index in [1.807, 2.05) is 13.0 Å². The molecular weight excluding hydrogens is 116 g/mol. The molecule has 0 bridgehead atoms. The van der Waals surface area contributed by atoms with Gasteiger partial charge in [0.1, 0.15) is 0 Å². The van der Waals surface area contributed by atoms with Crippen molar-refractivity contribution < 1.29 is 4.74 Å². The number of ether oxygens (including phenoxy) is 1. The zero-order valence-corrected chi connectivity index (χ0v) is 5.71. The van der Waals surface area contributed by atoms with Crippen LogP contribution in [0.25, 0.3) is 0 Å². The standard InChI is InChI=1S/C6H14N2O/c1-2-4-9-5-3-6(7)8/h2,4,6H,3,5,7-8H2,1H3. The van der Waals surface area contributed by atoms with Crippen molar-refractivity contribution >= 4 is 0 Å². The van der Waals surface area contributed by atoms with E-state index in [-0.39, 0.29) is 6.17 Å². The van der Waals surface area contributed by atoms with E-state index >= 15 is 0 Å². The van der Waals surface area contributed by atoms with E-state index < -0.39 is 0 Å². The summed E-state index contributed by atoms with van der Waals surface area (Å²) < 4.78 is 4.95. The maximum Gasteiger partial charge on any atom is 0.0900 e. The number of rotatable bonds is 4. The van der Waals surface area contributed by atoms with Crippen molar-refractivity contribution in [1.29, 1.82) is 0 Å². The lowest BCUT2D eigenvalue weighted by Gasteiger charge is -2.02. The monoisotopic (exact) mass is 130 g/mol. The molecule has 0 aromatic carbocycles. The second-order valence-electron chi connectivity index (χ2n) is 1.79. The van der Waals surface area contributed by atoms with Crippen LogP contribution < -0.4 is 11.5 Å². The van der Waals surface area contributed by atoms with Gasteiger partial charge in [0.05, 0.1) is 19.0 Å². The summed E-state index contributed by atoms with van der Waals surface area (Å²) in [7, 11) is 0. The zero-order chi connectivity index (χ0) is 7.11. The maximum atomic E-state index is 5.25. The summed E-state index contributed by atoms with van der Waals surface area (Å²) in [6.45, 7) is 2.49. The summed E-state index contributed by atoms with van der Waals surface area (Å²) in [6.07, 6.45) is 3.89.